The molecule has 0 aliphatic heterocycles. The summed E-state index contributed by atoms with van der Waals surface area (Å²) < 4.78 is 5.30. The Bertz CT molecular complexity index is 368. The Balaban J connectivity index is 2.78. The largest absolute Gasteiger partial charge is 0.491 e. The maximum Gasteiger partial charge on any atom is 0.139 e. The molecule has 1 rings (SSSR count). The van der Waals surface area contributed by atoms with E-state index in [4.69, 9.17) is 46.0 Å². The topological polar surface area (TPSA) is 9.23 Å². The minimum absolute atomic E-state index is 0.404. The molecule has 0 bridgehead atoms. The lowest BCUT2D eigenvalue weighted by atomic mass is 10.3. The third-order valence-electron chi connectivity index (χ3n) is 1.48. The van der Waals surface area contributed by atoms with Crippen molar-refractivity contribution < 1.29 is 4.74 Å². The molecule has 1 aromatic carbocycles. The molecule has 0 aromatic heterocycles. The van der Waals surface area contributed by atoms with Gasteiger partial charge in [0.1, 0.15) is 5.75 Å². The van der Waals surface area contributed by atoms with Crippen LogP contribution in [0, 0.1) is 12.3 Å². The first kappa shape index (κ1) is 11.5. The number of ether oxygens (including phenoxy) is 1. The van der Waals surface area contributed by atoms with E-state index in [1.165, 1.54) is 6.07 Å². The second-order valence-electron chi connectivity index (χ2n) is 2.50. The van der Waals surface area contributed by atoms with Crippen molar-refractivity contribution in [3.05, 3.63) is 27.2 Å². The Morgan fingerprint density at radius 3 is 2.43 bits per heavy atom. The number of halogens is 3. The lowest BCUT2D eigenvalue weighted by Crippen LogP contribution is -1.96. The van der Waals surface area contributed by atoms with E-state index >= 15 is 0 Å². The van der Waals surface area contributed by atoms with Crippen LogP contribution in [-0.4, -0.2) is 6.61 Å². The van der Waals surface area contributed by atoms with Crippen LogP contribution in [0.2, 0.25) is 15.1 Å². The van der Waals surface area contributed by atoms with Crippen LogP contribution in [0.4, 0.5) is 0 Å². The third kappa shape index (κ3) is 2.99. The first-order valence-electron chi connectivity index (χ1n) is 3.86. The van der Waals surface area contributed by atoms with Crippen molar-refractivity contribution in [2.75, 3.05) is 6.61 Å². The highest BCUT2D eigenvalue weighted by Crippen LogP contribution is 2.33. The highest BCUT2D eigenvalue weighted by Gasteiger charge is 2.06. The fourth-order valence-corrected chi connectivity index (χ4v) is 1.43. The molecule has 1 aromatic rings. The molecule has 0 spiro atoms. The number of rotatable bonds is 3. The summed E-state index contributed by atoms with van der Waals surface area (Å²) in [6.07, 6.45) is 5.60. The van der Waals surface area contributed by atoms with Crippen LogP contribution >= 0.6 is 34.8 Å². The highest BCUT2D eigenvalue weighted by atomic mass is 35.5. The van der Waals surface area contributed by atoms with E-state index in [0.717, 1.165) is 0 Å². The van der Waals surface area contributed by atoms with Gasteiger partial charge >= 0.3 is 0 Å². The van der Waals surface area contributed by atoms with E-state index in [1.54, 1.807) is 6.07 Å². The smallest absolute Gasteiger partial charge is 0.139 e. The summed E-state index contributed by atoms with van der Waals surface area (Å²) in [4.78, 5) is 0. The number of hydrogen-bond donors (Lipinski definition) is 0. The highest BCUT2D eigenvalue weighted by molar-refractivity contribution is 6.43. The maximum absolute atomic E-state index is 5.86. The van der Waals surface area contributed by atoms with Crippen molar-refractivity contribution in [2.24, 2.45) is 0 Å². The number of benzene rings is 1. The van der Waals surface area contributed by atoms with Gasteiger partial charge in [-0.1, -0.05) is 34.8 Å². The summed E-state index contributed by atoms with van der Waals surface area (Å²) in [5.41, 5.74) is 0. The maximum atomic E-state index is 5.86. The Hall–Kier alpha value is -0.550. The molecule has 0 N–H and O–H groups in total. The molecule has 0 radical (unpaired) electrons. The first-order valence-corrected chi connectivity index (χ1v) is 4.99. The molecule has 0 fully saturated rings. The van der Waals surface area contributed by atoms with Gasteiger partial charge in [-0.15, -0.1) is 12.3 Å². The molecule has 4 heteroatoms. The molecule has 0 atom stereocenters. The molecule has 0 amide bonds. The molecule has 0 saturated heterocycles. The zero-order chi connectivity index (χ0) is 10.6. The van der Waals surface area contributed by atoms with Crippen molar-refractivity contribution in [3.8, 4) is 18.1 Å². The third-order valence-corrected chi connectivity index (χ3v) is 2.50. The first-order chi connectivity index (χ1) is 6.65. The average Bonchev–Trinajstić information content (AvgIpc) is 2.14. The van der Waals surface area contributed by atoms with Crippen molar-refractivity contribution >= 4 is 34.8 Å². The van der Waals surface area contributed by atoms with Crippen LogP contribution < -0.4 is 4.74 Å². The lowest BCUT2D eigenvalue weighted by molar-refractivity contribution is 0.327. The normalized spacial score (nSPS) is 9.57. The van der Waals surface area contributed by atoms with E-state index in [0.29, 0.717) is 33.8 Å². The average molecular weight is 250 g/mol. The quantitative estimate of drug-likeness (QED) is 0.446. The molecular formula is C10H7Cl3O. The zero-order valence-corrected chi connectivity index (χ0v) is 9.46. The van der Waals surface area contributed by atoms with E-state index in [2.05, 4.69) is 5.92 Å². The molecule has 14 heavy (non-hydrogen) atoms. The molecule has 1 nitrogen and oxygen atoms in total. The summed E-state index contributed by atoms with van der Waals surface area (Å²) in [7, 11) is 0. The summed E-state index contributed by atoms with van der Waals surface area (Å²) >= 11 is 17.4. The van der Waals surface area contributed by atoms with E-state index in [9.17, 15) is 0 Å². The van der Waals surface area contributed by atoms with Crippen molar-refractivity contribution in [1.29, 1.82) is 0 Å². The zero-order valence-electron chi connectivity index (χ0n) is 7.19. The number of hydrogen-bond acceptors (Lipinski definition) is 1. The second kappa shape index (κ2) is 5.36. The van der Waals surface area contributed by atoms with Gasteiger partial charge in [-0.3, -0.25) is 0 Å². The van der Waals surface area contributed by atoms with Crippen LogP contribution in [0.1, 0.15) is 6.42 Å². The van der Waals surface area contributed by atoms with Gasteiger partial charge in [0.05, 0.1) is 21.7 Å². The number of terminal acetylenes is 1. The minimum Gasteiger partial charge on any atom is -0.491 e. The molecule has 0 saturated carbocycles. The monoisotopic (exact) mass is 248 g/mol. The molecule has 0 unspecified atom stereocenters. The predicted octanol–water partition coefficient (Wildman–Crippen LogP) is 4.05. The van der Waals surface area contributed by atoms with Gasteiger partial charge in [0, 0.05) is 12.5 Å². The molecule has 0 aliphatic carbocycles. The fourth-order valence-electron chi connectivity index (χ4n) is 0.835. The van der Waals surface area contributed by atoms with Gasteiger partial charge in [-0.25, -0.2) is 0 Å². The van der Waals surface area contributed by atoms with Crippen LogP contribution in [-0.2, 0) is 0 Å². The SMILES string of the molecule is C#CCCOc1cc(Cl)c(Cl)cc1Cl. The second-order valence-corrected chi connectivity index (χ2v) is 3.72. The Morgan fingerprint density at radius 1 is 1.14 bits per heavy atom. The molecule has 74 valence electrons. The predicted molar refractivity (Wildman–Crippen MR) is 60.4 cm³/mol. The van der Waals surface area contributed by atoms with E-state index in [1.807, 2.05) is 0 Å². The van der Waals surface area contributed by atoms with Crippen molar-refractivity contribution in [2.45, 2.75) is 6.42 Å². The van der Waals surface area contributed by atoms with Crippen LogP contribution in [0.5, 0.6) is 5.75 Å². The summed E-state index contributed by atoms with van der Waals surface area (Å²) in [6, 6.07) is 3.11. The summed E-state index contributed by atoms with van der Waals surface area (Å²) in [5, 5.41) is 1.24. The fraction of sp³-hybridized carbons (Fsp3) is 0.200. The van der Waals surface area contributed by atoms with Gasteiger partial charge in [-0.05, 0) is 6.07 Å². The van der Waals surface area contributed by atoms with Gasteiger partial charge in [0.15, 0.2) is 0 Å². The van der Waals surface area contributed by atoms with Crippen LogP contribution in [0.15, 0.2) is 12.1 Å². The summed E-state index contributed by atoms with van der Waals surface area (Å²) in [6.45, 7) is 0.411. The lowest BCUT2D eigenvalue weighted by Gasteiger charge is -2.07. The van der Waals surface area contributed by atoms with Crippen molar-refractivity contribution in [1.82, 2.24) is 0 Å². The van der Waals surface area contributed by atoms with Gasteiger partial charge in [-0.2, -0.15) is 0 Å². The standard InChI is InChI=1S/C10H7Cl3O/c1-2-3-4-14-10-6-8(12)7(11)5-9(10)13/h1,5-6H,3-4H2. The van der Waals surface area contributed by atoms with Gasteiger partial charge in [0.25, 0.3) is 0 Å². The Kier molecular flexibility index (Phi) is 4.41. The van der Waals surface area contributed by atoms with Crippen LogP contribution in [0.25, 0.3) is 0 Å². The summed E-state index contributed by atoms with van der Waals surface area (Å²) in [5.74, 6) is 2.95. The van der Waals surface area contributed by atoms with E-state index < -0.39 is 0 Å². The minimum atomic E-state index is 0.404. The van der Waals surface area contributed by atoms with Gasteiger partial charge < -0.3 is 4.74 Å². The van der Waals surface area contributed by atoms with Gasteiger partial charge in [0.2, 0.25) is 0 Å². The van der Waals surface area contributed by atoms with Crippen molar-refractivity contribution in [3.63, 3.8) is 0 Å². The molecular weight excluding hydrogens is 242 g/mol. The Morgan fingerprint density at radius 2 is 1.79 bits per heavy atom. The Labute approximate surface area is 97.9 Å². The molecule has 0 aliphatic rings. The van der Waals surface area contributed by atoms with Crippen LogP contribution in [0.3, 0.4) is 0 Å². The molecule has 0 heterocycles. The van der Waals surface area contributed by atoms with E-state index in [-0.39, 0.29) is 0 Å².